The van der Waals surface area contributed by atoms with Crippen LogP contribution < -0.4 is 18.6 Å². The van der Waals surface area contributed by atoms with Crippen LogP contribution in [-0.4, -0.2) is 35.9 Å². The molecule has 0 saturated carbocycles. The highest BCUT2D eigenvalue weighted by Crippen LogP contribution is 2.43. The predicted molar refractivity (Wildman–Crippen MR) is 115 cm³/mol. The Kier molecular flexibility index (Phi) is 6.44. The second-order valence-corrected chi connectivity index (χ2v) is 12.9. The fraction of sp³-hybridized carbons (Fsp3) is 0.409. The number of carbonyl (C=O) groups excluding carboxylic acids is 1. The molecule has 0 spiro atoms. The predicted octanol–water partition coefficient (Wildman–Crippen LogP) is 5.58. The smallest absolute Gasteiger partial charge is 0.250 e. The van der Waals surface area contributed by atoms with Crippen molar-refractivity contribution in [3.05, 3.63) is 35.9 Å². The van der Waals surface area contributed by atoms with E-state index in [1.54, 1.807) is 33.5 Å². The Hall–Kier alpha value is -2.47. The molecular weight excluding hydrogens is 372 g/mol. The highest BCUT2D eigenvalue weighted by atomic mass is 28.4. The van der Waals surface area contributed by atoms with Crippen molar-refractivity contribution in [3.8, 4) is 34.1 Å². The molecule has 0 N–H and O–H groups in total. The summed E-state index contributed by atoms with van der Waals surface area (Å²) < 4.78 is 22.8. The molecule has 2 aromatic carbocycles. The van der Waals surface area contributed by atoms with Crippen molar-refractivity contribution >= 4 is 14.6 Å². The third kappa shape index (κ3) is 4.33. The van der Waals surface area contributed by atoms with Crippen LogP contribution in [0.15, 0.2) is 30.3 Å². The van der Waals surface area contributed by atoms with E-state index in [0.717, 1.165) is 11.8 Å². The van der Waals surface area contributed by atoms with Crippen LogP contribution in [0.1, 0.15) is 31.1 Å². The lowest BCUT2D eigenvalue weighted by atomic mass is 9.98. The van der Waals surface area contributed by atoms with E-state index in [-0.39, 0.29) is 5.04 Å². The minimum atomic E-state index is -2.08. The molecule has 28 heavy (non-hydrogen) atoms. The average molecular weight is 403 g/mol. The molecular formula is C22H30O5Si. The zero-order valence-corrected chi connectivity index (χ0v) is 19.0. The quantitative estimate of drug-likeness (QED) is 0.447. The summed E-state index contributed by atoms with van der Waals surface area (Å²) in [6.07, 6.45) is 0.805. The molecule has 152 valence electrons. The molecule has 0 saturated heterocycles. The lowest BCUT2D eigenvalue weighted by molar-refractivity contribution is 0.112. The standard InChI is InChI=1S/C22H30O5Si/c1-22(2,3)28(7,8)27-19-12-15(9-10-18(19)25-5)21-16(14-23)11-17(24-4)13-20(21)26-6/h9-14H,1-8H3. The van der Waals surface area contributed by atoms with Gasteiger partial charge in [-0.05, 0) is 41.9 Å². The number of carbonyl (C=O) groups is 1. The SMILES string of the molecule is COc1cc(C=O)c(-c2ccc(OC)c(O[Si](C)(C)C(C)(C)C)c2)c(OC)c1. The van der Waals surface area contributed by atoms with Crippen LogP contribution in [0.25, 0.3) is 11.1 Å². The molecule has 0 heterocycles. The van der Waals surface area contributed by atoms with Crippen LogP contribution in [0.3, 0.4) is 0 Å². The Morgan fingerprint density at radius 2 is 1.50 bits per heavy atom. The van der Waals surface area contributed by atoms with Gasteiger partial charge in [0.25, 0.3) is 8.32 Å². The maximum atomic E-state index is 11.7. The van der Waals surface area contributed by atoms with Crippen molar-refractivity contribution in [1.82, 2.24) is 0 Å². The first-order valence-electron chi connectivity index (χ1n) is 9.16. The highest BCUT2D eigenvalue weighted by molar-refractivity contribution is 6.74. The van der Waals surface area contributed by atoms with Crippen molar-refractivity contribution in [3.63, 3.8) is 0 Å². The van der Waals surface area contributed by atoms with Crippen LogP contribution in [-0.2, 0) is 0 Å². The summed E-state index contributed by atoms with van der Waals surface area (Å²) in [6.45, 7) is 10.9. The van der Waals surface area contributed by atoms with E-state index >= 15 is 0 Å². The number of hydrogen-bond acceptors (Lipinski definition) is 5. The lowest BCUT2D eigenvalue weighted by Gasteiger charge is -2.36. The lowest BCUT2D eigenvalue weighted by Crippen LogP contribution is -2.43. The van der Waals surface area contributed by atoms with E-state index in [0.29, 0.717) is 34.1 Å². The molecule has 0 bridgehead atoms. The van der Waals surface area contributed by atoms with Crippen molar-refractivity contribution < 1.29 is 23.4 Å². The van der Waals surface area contributed by atoms with E-state index in [2.05, 4.69) is 33.9 Å². The summed E-state index contributed by atoms with van der Waals surface area (Å²) in [5.41, 5.74) is 2.00. The van der Waals surface area contributed by atoms with Gasteiger partial charge in [-0.25, -0.2) is 0 Å². The molecule has 0 amide bonds. The molecule has 5 nitrogen and oxygen atoms in total. The van der Waals surface area contributed by atoms with Crippen molar-refractivity contribution in [2.24, 2.45) is 0 Å². The number of methoxy groups -OCH3 is 3. The molecule has 0 aliphatic rings. The van der Waals surface area contributed by atoms with Gasteiger partial charge in [0.2, 0.25) is 0 Å². The third-order valence-electron chi connectivity index (χ3n) is 5.31. The molecule has 0 aliphatic heterocycles. The van der Waals surface area contributed by atoms with Gasteiger partial charge in [-0.2, -0.15) is 0 Å². The maximum Gasteiger partial charge on any atom is 0.250 e. The molecule has 2 rings (SSSR count). The fourth-order valence-electron chi connectivity index (χ4n) is 2.63. The van der Waals surface area contributed by atoms with Gasteiger partial charge in [-0.1, -0.05) is 26.8 Å². The van der Waals surface area contributed by atoms with Crippen LogP contribution in [0.2, 0.25) is 18.1 Å². The first kappa shape index (κ1) is 21.8. The Balaban J connectivity index is 2.65. The molecule has 0 aliphatic carbocycles. The normalized spacial score (nSPS) is 11.7. The van der Waals surface area contributed by atoms with Crippen molar-refractivity contribution in [2.45, 2.75) is 38.9 Å². The van der Waals surface area contributed by atoms with Gasteiger partial charge in [0.05, 0.1) is 21.3 Å². The maximum absolute atomic E-state index is 11.7. The summed E-state index contributed by atoms with van der Waals surface area (Å²) in [5.74, 6) is 2.45. The summed E-state index contributed by atoms with van der Waals surface area (Å²) in [5, 5.41) is 0.0414. The first-order valence-corrected chi connectivity index (χ1v) is 12.1. The molecule has 2 aromatic rings. The van der Waals surface area contributed by atoms with E-state index < -0.39 is 8.32 Å². The second kappa shape index (κ2) is 8.27. The highest BCUT2D eigenvalue weighted by Gasteiger charge is 2.39. The van der Waals surface area contributed by atoms with Gasteiger partial charge in [0.15, 0.2) is 12.0 Å². The number of hydrogen-bond donors (Lipinski definition) is 0. The van der Waals surface area contributed by atoms with Gasteiger partial charge in [-0.3, -0.25) is 4.79 Å². The van der Waals surface area contributed by atoms with E-state index in [1.165, 1.54) is 0 Å². The van der Waals surface area contributed by atoms with Crippen molar-refractivity contribution in [1.29, 1.82) is 0 Å². The molecule has 0 aromatic heterocycles. The summed E-state index contributed by atoms with van der Waals surface area (Å²) in [4.78, 5) is 11.7. The van der Waals surface area contributed by atoms with Gasteiger partial charge in [-0.15, -0.1) is 0 Å². The van der Waals surface area contributed by atoms with Gasteiger partial charge in [0.1, 0.15) is 17.2 Å². The number of aldehydes is 1. The molecule has 0 atom stereocenters. The first-order chi connectivity index (χ1) is 13.1. The molecule has 0 radical (unpaired) electrons. The Morgan fingerprint density at radius 1 is 0.857 bits per heavy atom. The van der Waals surface area contributed by atoms with Crippen LogP contribution in [0.5, 0.6) is 23.0 Å². The van der Waals surface area contributed by atoms with E-state index in [9.17, 15) is 4.79 Å². The van der Waals surface area contributed by atoms with E-state index in [4.69, 9.17) is 18.6 Å². The van der Waals surface area contributed by atoms with Crippen LogP contribution in [0, 0.1) is 0 Å². The summed E-state index contributed by atoms with van der Waals surface area (Å²) in [7, 11) is 2.68. The number of rotatable bonds is 7. The molecule has 0 fully saturated rings. The number of ether oxygens (including phenoxy) is 3. The molecule has 6 heteroatoms. The minimum absolute atomic E-state index is 0.0414. The van der Waals surface area contributed by atoms with Crippen LogP contribution >= 0.6 is 0 Å². The van der Waals surface area contributed by atoms with Crippen LogP contribution in [0.4, 0.5) is 0 Å². The molecule has 0 unspecified atom stereocenters. The Labute approximate surface area is 168 Å². The largest absolute Gasteiger partial charge is 0.541 e. The topological polar surface area (TPSA) is 54.0 Å². The van der Waals surface area contributed by atoms with Gasteiger partial charge in [0, 0.05) is 17.2 Å². The zero-order valence-electron chi connectivity index (χ0n) is 18.0. The zero-order chi connectivity index (χ0) is 21.1. The van der Waals surface area contributed by atoms with Gasteiger partial charge >= 0.3 is 0 Å². The fourth-order valence-corrected chi connectivity index (χ4v) is 3.65. The third-order valence-corrected chi connectivity index (χ3v) is 9.65. The Bertz CT molecular complexity index is 853. The second-order valence-electron chi connectivity index (χ2n) is 8.14. The summed E-state index contributed by atoms with van der Waals surface area (Å²) >= 11 is 0. The number of benzene rings is 2. The van der Waals surface area contributed by atoms with Gasteiger partial charge < -0.3 is 18.6 Å². The Morgan fingerprint density at radius 3 is 2.00 bits per heavy atom. The summed E-state index contributed by atoms with van der Waals surface area (Å²) in [6, 6.07) is 9.13. The monoisotopic (exact) mass is 402 g/mol. The van der Waals surface area contributed by atoms with Crippen molar-refractivity contribution in [2.75, 3.05) is 21.3 Å². The van der Waals surface area contributed by atoms with E-state index in [1.807, 2.05) is 18.2 Å². The average Bonchev–Trinajstić information content (AvgIpc) is 2.65. The minimum Gasteiger partial charge on any atom is -0.541 e.